The molecule has 0 atom stereocenters. The van der Waals surface area contributed by atoms with Crippen LogP contribution >= 0.6 is 11.8 Å². The highest BCUT2D eigenvalue weighted by atomic mass is 32.2. The minimum atomic E-state index is 0.509. The molecule has 0 aliphatic heterocycles. The Morgan fingerprint density at radius 1 is 1.11 bits per heavy atom. The van der Waals surface area contributed by atoms with Crippen molar-refractivity contribution in [2.24, 2.45) is 7.05 Å². The first-order chi connectivity index (χ1) is 8.81. The first-order valence-electron chi connectivity index (χ1n) is 5.85. The number of carbonyl (C=O) groups excluding carboxylic acids is 1. The zero-order valence-electron chi connectivity index (χ0n) is 10.1. The van der Waals surface area contributed by atoms with Gasteiger partial charge >= 0.3 is 0 Å². The largest absolute Gasteiger partial charge is 0.344 e. The Morgan fingerprint density at radius 2 is 1.89 bits per heavy atom. The van der Waals surface area contributed by atoms with Gasteiger partial charge in [0.2, 0.25) is 0 Å². The average Bonchev–Trinajstić information content (AvgIpc) is 2.71. The van der Waals surface area contributed by atoms with Crippen LogP contribution in [0.1, 0.15) is 0 Å². The summed E-state index contributed by atoms with van der Waals surface area (Å²) in [6.45, 7) is 0. The number of carbonyl (C=O) groups is 1. The van der Waals surface area contributed by atoms with Gasteiger partial charge in [-0.3, -0.25) is 0 Å². The Morgan fingerprint density at radius 3 is 2.72 bits per heavy atom. The van der Waals surface area contributed by atoms with Gasteiger partial charge in [0.05, 0.1) is 5.75 Å². The van der Waals surface area contributed by atoms with E-state index < -0.39 is 0 Å². The Bertz CT molecular complexity index is 730. The molecular weight excluding hydrogens is 242 g/mol. The van der Waals surface area contributed by atoms with Crippen LogP contribution in [-0.4, -0.2) is 16.6 Å². The van der Waals surface area contributed by atoms with Crippen LogP contribution in [0.2, 0.25) is 0 Å². The van der Waals surface area contributed by atoms with Gasteiger partial charge in [-0.25, -0.2) is 0 Å². The molecule has 0 fully saturated rings. The van der Waals surface area contributed by atoms with Crippen LogP contribution in [0.4, 0.5) is 0 Å². The molecule has 0 radical (unpaired) electrons. The summed E-state index contributed by atoms with van der Waals surface area (Å²) in [7, 11) is 2.08. The second-order valence-corrected chi connectivity index (χ2v) is 5.33. The van der Waals surface area contributed by atoms with Gasteiger partial charge in [-0.2, -0.15) is 0 Å². The molecule has 3 aromatic rings. The van der Waals surface area contributed by atoms with Crippen LogP contribution in [0.15, 0.2) is 47.4 Å². The van der Waals surface area contributed by atoms with Crippen molar-refractivity contribution in [3.05, 3.63) is 42.5 Å². The fraction of sp³-hybridized carbons (Fsp3) is 0.133. The van der Waals surface area contributed by atoms with E-state index in [1.165, 1.54) is 21.8 Å². The van der Waals surface area contributed by atoms with Gasteiger partial charge in [-0.15, -0.1) is 11.8 Å². The molecule has 0 aliphatic rings. The lowest BCUT2D eigenvalue weighted by molar-refractivity contribution is -0.105. The minimum Gasteiger partial charge on any atom is -0.344 e. The smallest absolute Gasteiger partial charge is 0.130 e. The van der Waals surface area contributed by atoms with Crippen molar-refractivity contribution >= 4 is 39.9 Å². The second-order valence-electron chi connectivity index (χ2n) is 4.23. The fourth-order valence-corrected chi connectivity index (χ4v) is 2.98. The first kappa shape index (κ1) is 11.4. The third-order valence-corrected chi connectivity index (χ3v) is 4.09. The van der Waals surface area contributed by atoms with Crippen molar-refractivity contribution in [3.8, 4) is 0 Å². The van der Waals surface area contributed by atoms with Crippen molar-refractivity contribution in [2.75, 3.05) is 5.75 Å². The molecule has 18 heavy (non-hydrogen) atoms. The van der Waals surface area contributed by atoms with E-state index in [1.807, 2.05) is 0 Å². The monoisotopic (exact) mass is 255 g/mol. The van der Waals surface area contributed by atoms with Gasteiger partial charge in [-0.1, -0.05) is 24.3 Å². The molecule has 0 saturated carbocycles. The van der Waals surface area contributed by atoms with Gasteiger partial charge in [-0.05, 0) is 18.2 Å². The van der Waals surface area contributed by atoms with Crippen LogP contribution < -0.4 is 0 Å². The third-order valence-electron chi connectivity index (χ3n) is 3.20. The van der Waals surface area contributed by atoms with Gasteiger partial charge < -0.3 is 9.36 Å². The highest BCUT2D eigenvalue weighted by Crippen LogP contribution is 2.30. The topological polar surface area (TPSA) is 22.0 Å². The van der Waals surface area contributed by atoms with Crippen LogP contribution in [0, 0.1) is 0 Å². The van der Waals surface area contributed by atoms with Crippen LogP contribution in [0.25, 0.3) is 21.8 Å². The summed E-state index contributed by atoms with van der Waals surface area (Å²) < 4.78 is 2.20. The molecule has 90 valence electrons. The van der Waals surface area contributed by atoms with E-state index in [2.05, 4.69) is 54.1 Å². The van der Waals surface area contributed by atoms with Gasteiger partial charge in [0, 0.05) is 33.7 Å². The summed E-state index contributed by atoms with van der Waals surface area (Å²) >= 11 is 1.57. The zero-order valence-corrected chi connectivity index (χ0v) is 10.9. The summed E-state index contributed by atoms with van der Waals surface area (Å²) in [5, 5.41) is 2.55. The molecule has 2 nitrogen and oxygen atoms in total. The highest BCUT2D eigenvalue weighted by Gasteiger charge is 2.07. The standard InChI is InChI=1S/C15H13NOS/c1-16-14-5-3-2-4-12(14)13-7-6-11(10-15(13)16)18-9-8-17/h2-8,10H,9H2,1H3. The SMILES string of the molecule is Cn1c2ccccc2c2ccc(SCC=O)cc21. The van der Waals surface area contributed by atoms with Gasteiger partial charge in [0.1, 0.15) is 6.29 Å². The number of hydrogen-bond donors (Lipinski definition) is 0. The van der Waals surface area contributed by atoms with Gasteiger partial charge in [0.15, 0.2) is 0 Å². The van der Waals surface area contributed by atoms with Gasteiger partial charge in [0.25, 0.3) is 0 Å². The Kier molecular flexibility index (Phi) is 2.84. The van der Waals surface area contributed by atoms with Crippen molar-refractivity contribution in [1.29, 1.82) is 0 Å². The summed E-state index contributed by atoms with van der Waals surface area (Å²) in [5.74, 6) is 0.509. The zero-order chi connectivity index (χ0) is 12.5. The van der Waals surface area contributed by atoms with Crippen LogP contribution in [0.5, 0.6) is 0 Å². The summed E-state index contributed by atoms with van der Waals surface area (Å²) in [6.07, 6.45) is 0.941. The molecule has 1 aromatic heterocycles. The third kappa shape index (κ3) is 1.71. The fourth-order valence-electron chi connectivity index (χ4n) is 2.36. The number of benzene rings is 2. The molecule has 0 saturated heterocycles. The lowest BCUT2D eigenvalue weighted by Gasteiger charge is -2.00. The molecule has 0 aliphatic carbocycles. The molecule has 0 unspecified atom stereocenters. The highest BCUT2D eigenvalue weighted by molar-refractivity contribution is 7.99. The number of hydrogen-bond acceptors (Lipinski definition) is 2. The van der Waals surface area contributed by atoms with Crippen LogP contribution in [-0.2, 0) is 11.8 Å². The Hall–Kier alpha value is -1.74. The van der Waals surface area contributed by atoms with E-state index in [1.54, 1.807) is 11.8 Å². The van der Waals surface area contributed by atoms with E-state index in [0.717, 1.165) is 11.2 Å². The number of nitrogens with zero attached hydrogens (tertiary/aromatic N) is 1. The second kappa shape index (κ2) is 4.50. The molecule has 2 aromatic carbocycles. The van der Waals surface area contributed by atoms with E-state index in [-0.39, 0.29) is 0 Å². The van der Waals surface area contributed by atoms with Crippen LogP contribution in [0.3, 0.4) is 0 Å². The summed E-state index contributed by atoms with van der Waals surface area (Å²) in [5.41, 5.74) is 2.46. The summed E-state index contributed by atoms with van der Waals surface area (Å²) in [6, 6.07) is 14.8. The molecule has 0 bridgehead atoms. The lowest BCUT2D eigenvalue weighted by atomic mass is 10.2. The van der Waals surface area contributed by atoms with E-state index in [4.69, 9.17) is 0 Å². The number of aryl methyl sites for hydroxylation is 1. The molecular formula is C15H13NOS. The van der Waals surface area contributed by atoms with E-state index >= 15 is 0 Å². The predicted molar refractivity (Wildman–Crippen MR) is 77.2 cm³/mol. The number of para-hydroxylation sites is 1. The van der Waals surface area contributed by atoms with Crippen molar-refractivity contribution in [3.63, 3.8) is 0 Å². The summed E-state index contributed by atoms with van der Waals surface area (Å²) in [4.78, 5) is 11.6. The van der Waals surface area contributed by atoms with E-state index in [0.29, 0.717) is 5.75 Å². The quantitative estimate of drug-likeness (QED) is 0.526. The number of thioether (sulfide) groups is 1. The molecule has 0 spiro atoms. The molecule has 0 amide bonds. The number of rotatable bonds is 3. The normalized spacial score (nSPS) is 11.2. The minimum absolute atomic E-state index is 0.509. The number of aromatic nitrogens is 1. The maximum absolute atomic E-state index is 10.4. The van der Waals surface area contributed by atoms with E-state index in [9.17, 15) is 4.79 Å². The molecule has 3 heteroatoms. The lowest BCUT2D eigenvalue weighted by Crippen LogP contribution is -1.86. The molecule has 1 heterocycles. The number of fused-ring (bicyclic) bond motifs is 3. The average molecular weight is 255 g/mol. The van der Waals surface area contributed by atoms with Crippen molar-refractivity contribution < 1.29 is 4.79 Å². The Labute approximate surface area is 110 Å². The Balaban J connectivity index is 2.24. The number of aldehydes is 1. The van der Waals surface area contributed by atoms with Crippen molar-refractivity contribution in [2.45, 2.75) is 4.90 Å². The van der Waals surface area contributed by atoms with Crippen molar-refractivity contribution in [1.82, 2.24) is 4.57 Å². The molecule has 3 rings (SSSR count). The molecule has 0 N–H and O–H groups in total. The maximum Gasteiger partial charge on any atom is 0.130 e. The maximum atomic E-state index is 10.4. The predicted octanol–water partition coefficient (Wildman–Crippen LogP) is 3.62. The first-order valence-corrected chi connectivity index (χ1v) is 6.83.